The molecule has 4 aliphatic carbocycles. The molecule has 0 N–H and O–H groups in total. The summed E-state index contributed by atoms with van der Waals surface area (Å²) in [6.45, 7) is 20.8. The number of carbonyl (C=O) groups excluding carboxylic acids is 1. The zero-order chi connectivity index (χ0) is 23.7. The van der Waals surface area contributed by atoms with Crippen molar-refractivity contribution in [1.82, 2.24) is 0 Å². The van der Waals surface area contributed by atoms with E-state index in [9.17, 15) is 4.79 Å². The maximum atomic E-state index is 12.9. The molecule has 0 amide bonds. The van der Waals surface area contributed by atoms with E-state index in [1.807, 2.05) is 6.92 Å². The Balaban J connectivity index is 1.55. The van der Waals surface area contributed by atoms with E-state index in [4.69, 9.17) is 8.85 Å². The average molecular weight is 479 g/mol. The first-order valence-electron chi connectivity index (χ1n) is 13.5. The smallest absolute Gasteiger partial charge is 0.184 e. The highest BCUT2D eigenvalue weighted by Crippen LogP contribution is 2.68. The number of fused-ring (bicyclic) bond motifs is 5. The van der Waals surface area contributed by atoms with Crippen molar-refractivity contribution in [2.75, 3.05) is 0 Å². The molecule has 32 heavy (non-hydrogen) atoms. The van der Waals surface area contributed by atoms with Gasteiger partial charge in [0, 0.05) is 12.0 Å². The molecule has 0 aliphatic heterocycles. The van der Waals surface area contributed by atoms with Crippen LogP contribution in [0, 0.1) is 40.4 Å². The topological polar surface area (TPSA) is 35.5 Å². The summed E-state index contributed by atoms with van der Waals surface area (Å²) in [5.41, 5.74) is 0.603. The number of rotatable bonds is 5. The molecule has 0 unspecified atom stereocenters. The van der Waals surface area contributed by atoms with Crippen molar-refractivity contribution >= 4 is 22.4 Å². The van der Waals surface area contributed by atoms with Crippen LogP contribution in [0.5, 0.6) is 0 Å². The molecule has 4 saturated carbocycles. The zero-order valence-corrected chi connectivity index (χ0v) is 24.4. The summed E-state index contributed by atoms with van der Waals surface area (Å²) >= 11 is 0. The minimum absolute atomic E-state index is 0.103. The van der Waals surface area contributed by atoms with E-state index >= 15 is 0 Å². The van der Waals surface area contributed by atoms with Crippen LogP contribution in [-0.4, -0.2) is 34.6 Å². The minimum atomic E-state index is -1.68. The van der Waals surface area contributed by atoms with E-state index in [0.29, 0.717) is 23.2 Å². The molecule has 9 atom stereocenters. The van der Waals surface area contributed by atoms with Crippen molar-refractivity contribution in [1.29, 1.82) is 0 Å². The van der Waals surface area contributed by atoms with Crippen molar-refractivity contribution in [3.8, 4) is 0 Å². The molecule has 5 heteroatoms. The lowest BCUT2D eigenvalue weighted by atomic mass is 9.44. The van der Waals surface area contributed by atoms with Gasteiger partial charge in [-0.3, -0.25) is 4.79 Å². The zero-order valence-electron chi connectivity index (χ0n) is 22.4. The Kier molecular flexibility index (Phi) is 6.52. The molecule has 4 aliphatic rings. The predicted octanol–water partition coefficient (Wildman–Crippen LogP) is 7.28. The van der Waals surface area contributed by atoms with Crippen LogP contribution in [0.3, 0.4) is 0 Å². The fraction of sp³-hybridized carbons (Fsp3) is 0.963. The van der Waals surface area contributed by atoms with E-state index < -0.39 is 16.6 Å². The maximum Gasteiger partial charge on any atom is 0.184 e. The van der Waals surface area contributed by atoms with Gasteiger partial charge < -0.3 is 8.85 Å². The van der Waals surface area contributed by atoms with Crippen molar-refractivity contribution in [3.05, 3.63) is 0 Å². The Morgan fingerprint density at radius 3 is 2.00 bits per heavy atom. The van der Waals surface area contributed by atoms with Gasteiger partial charge in [0.05, 0.1) is 6.10 Å². The van der Waals surface area contributed by atoms with E-state index in [1.165, 1.54) is 44.9 Å². The molecule has 0 heterocycles. The molecule has 0 radical (unpaired) electrons. The van der Waals surface area contributed by atoms with Crippen molar-refractivity contribution in [2.24, 2.45) is 40.4 Å². The molecule has 0 aromatic carbocycles. The van der Waals surface area contributed by atoms with Gasteiger partial charge in [-0.05, 0) is 132 Å². The lowest BCUT2D eigenvalue weighted by Gasteiger charge is -2.61. The van der Waals surface area contributed by atoms with Crippen LogP contribution in [-0.2, 0) is 13.6 Å². The Morgan fingerprint density at radius 2 is 1.41 bits per heavy atom. The molecule has 184 valence electrons. The van der Waals surface area contributed by atoms with Gasteiger partial charge in [0.1, 0.15) is 5.78 Å². The van der Waals surface area contributed by atoms with Gasteiger partial charge in [-0.2, -0.15) is 0 Å². The lowest BCUT2D eigenvalue weighted by Crippen LogP contribution is -2.55. The van der Waals surface area contributed by atoms with Gasteiger partial charge in [0.2, 0.25) is 0 Å². The van der Waals surface area contributed by atoms with Crippen LogP contribution in [0.4, 0.5) is 0 Å². The largest absolute Gasteiger partial charge is 0.415 e. The summed E-state index contributed by atoms with van der Waals surface area (Å²) in [6.07, 6.45) is 10.9. The molecule has 0 saturated heterocycles. The lowest BCUT2D eigenvalue weighted by molar-refractivity contribution is -0.139. The van der Waals surface area contributed by atoms with Gasteiger partial charge >= 0.3 is 0 Å². The Hall–Kier alpha value is 0.0238. The molecular formula is C27H50O3Si2. The first-order chi connectivity index (χ1) is 14.6. The molecule has 4 rings (SSSR count). The fourth-order valence-corrected chi connectivity index (χ4v) is 11.5. The van der Waals surface area contributed by atoms with E-state index in [2.05, 4.69) is 53.1 Å². The number of ketones is 1. The van der Waals surface area contributed by atoms with Gasteiger partial charge in [-0.25, -0.2) is 0 Å². The molecular weight excluding hydrogens is 428 g/mol. The molecule has 0 aromatic rings. The van der Waals surface area contributed by atoms with Crippen LogP contribution in [0.2, 0.25) is 39.3 Å². The second-order valence-electron chi connectivity index (χ2n) is 14.4. The third-order valence-electron chi connectivity index (χ3n) is 10.1. The standard InChI is InChI=1S/C27H50O3Si2/c1-18(28)25-24(30-32(7,8)9)17-23-21-11-10-19-16-20(29-31(4,5)6)12-14-26(19,2)22(21)13-15-27(23,25)3/h19-25H,10-17H2,1-9H3/t19-,20+,21+,22-,23-,24+,25-,26-,27-/m0/s1. The quantitative estimate of drug-likeness (QED) is 0.389. The first-order valence-corrected chi connectivity index (χ1v) is 20.3. The fourth-order valence-electron chi connectivity index (χ4n) is 9.11. The van der Waals surface area contributed by atoms with Gasteiger partial charge in [-0.15, -0.1) is 0 Å². The summed E-state index contributed by atoms with van der Waals surface area (Å²) in [6, 6.07) is 0. The number of Topliss-reactive ketones (excluding diaryl/α,β-unsaturated/α-hetero) is 1. The van der Waals surface area contributed by atoms with E-state index in [1.54, 1.807) is 0 Å². The van der Waals surface area contributed by atoms with Gasteiger partial charge in [0.25, 0.3) is 0 Å². The van der Waals surface area contributed by atoms with Crippen LogP contribution >= 0.6 is 0 Å². The average Bonchev–Trinajstić information content (AvgIpc) is 2.91. The molecule has 4 fully saturated rings. The first kappa shape index (κ1) is 25.1. The Morgan fingerprint density at radius 1 is 0.781 bits per heavy atom. The van der Waals surface area contributed by atoms with Crippen LogP contribution in [0.25, 0.3) is 0 Å². The van der Waals surface area contributed by atoms with E-state index in [0.717, 1.165) is 24.2 Å². The SMILES string of the molecule is CC(=O)[C@H]1[C@H](O[Si](C)(C)C)C[C@H]2[C@@H]3CC[C@H]4C[C@H](O[Si](C)(C)C)CC[C@]4(C)[C@H]3CC[C@@]21C. The van der Waals surface area contributed by atoms with Crippen LogP contribution in [0.15, 0.2) is 0 Å². The highest BCUT2D eigenvalue weighted by molar-refractivity contribution is 6.70. The second kappa shape index (κ2) is 8.31. The minimum Gasteiger partial charge on any atom is -0.415 e. The molecule has 0 aromatic heterocycles. The van der Waals surface area contributed by atoms with Gasteiger partial charge in [-0.1, -0.05) is 13.8 Å². The van der Waals surface area contributed by atoms with Crippen molar-refractivity contribution in [3.63, 3.8) is 0 Å². The third kappa shape index (κ3) is 4.49. The maximum absolute atomic E-state index is 12.9. The molecule has 3 nitrogen and oxygen atoms in total. The number of carbonyl (C=O) groups is 1. The summed E-state index contributed by atoms with van der Waals surface area (Å²) in [7, 11) is -3.16. The third-order valence-corrected chi connectivity index (χ3v) is 12.1. The second-order valence-corrected chi connectivity index (χ2v) is 23.3. The summed E-state index contributed by atoms with van der Waals surface area (Å²) in [5, 5.41) is 0. The summed E-state index contributed by atoms with van der Waals surface area (Å²) < 4.78 is 13.3. The predicted molar refractivity (Wildman–Crippen MR) is 138 cm³/mol. The highest BCUT2D eigenvalue weighted by atomic mass is 28.4. The molecule has 0 spiro atoms. The number of hydrogen-bond donors (Lipinski definition) is 0. The summed E-state index contributed by atoms with van der Waals surface area (Å²) in [4.78, 5) is 12.9. The van der Waals surface area contributed by atoms with Crippen LogP contribution < -0.4 is 0 Å². The summed E-state index contributed by atoms with van der Waals surface area (Å²) in [5.74, 6) is 3.56. The monoisotopic (exact) mass is 478 g/mol. The Labute approximate surface area is 200 Å². The normalized spacial score (nSPS) is 46.8. The van der Waals surface area contributed by atoms with Crippen molar-refractivity contribution in [2.45, 2.75) is 124 Å². The van der Waals surface area contributed by atoms with E-state index in [-0.39, 0.29) is 17.4 Å². The van der Waals surface area contributed by atoms with Gasteiger partial charge in [0.15, 0.2) is 16.6 Å². The number of hydrogen-bond acceptors (Lipinski definition) is 3. The van der Waals surface area contributed by atoms with Crippen molar-refractivity contribution < 1.29 is 13.6 Å². The Bertz CT molecular complexity index is 725. The highest BCUT2D eigenvalue weighted by Gasteiger charge is 2.63. The molecule has 0 bridgehead atoms. The van der Waals surface area contributed by atoms with Crippen LogP contribution in [0.1, 0.15) is 72.1 Å².